The number of rotatable bonds is 7. The molecule has 5 nitrogen and oxygen atoms in total. The fraction of sp³-hybridized carbons (Fsp3) is 0.933. The summed E-state index contributed by atoms with van der Waals surface area (Å²) in [6, 6.07) is -0.421. The Morgan fingerprint density at radius 1 is 1.45 bits per heavy atom. The molecule has 1 aliphatic rings. The molecule has 0 aromatic carbocycles. The maximum atomic E-state index is 11.9. The van der Waals surface area contributed by atoms with Crippen LogP contribution < -0.4 is 11.1 Å². The fourth-order valence-electron chi connectivity index (χ4n) is 2.43. The molecule has 1 saturated heterocycles. The highest BCUT2D eigenvalue weighted by Gasteiger charge is 2.24. The van der Waals surface area contributed by atoms with Crippen molar-refractivity contribution in [1.82, 2.24) is 10.2 Å². The van der Waals surface area contributed by atoms with E-state index in [-0.39, 0.29) is 17.9 Å². The van der Waals surface area contributed by atoms with Gasteiger partial charge in [0.2, 0.25) is 5.91 Å². The van der Waals surface area contributed by atoms with Gasteiger partial charge < -0.3 is 15.8 Å². The van der Waals surface area contributed by atoms with Crippen molar-refractivity contribution in [3.63, 3.8) is 0 Å². The van der Waals surface area contributed by atoms with Gasteiger partial charge in [-0.2, -0.15) is 0 Å². The van der Waals surface area contributed by atoms with E-state index in [2.05, 4.69) is 24.1 Å². The standard InChI is InChI=1S/C15H31N3O2/c1-5-12(4)14(16)15(19)17-8-13-10-18(6-7-20-13)9-11(2)3/h11-14H,5-10,16H2,1-4H3,(H,17,19). The predicted molar refractivity (Wildman–Crippen MR) is 81.5 cm³/mol. The number of ether oxygens (including phenoxy) is 1. The molecule has 118 valence electrons. The van der Waals surface area contributed by atoms with Crippen molar-refractivity contribution in [2.75, 3.05) is 32.8 Å². The second-order valence-corrected chi connectivity index (χ2v) is 6.30. The molecule has 0 saturated carbocycles. The Morgan fingerprint density at radius 3 is 2.75 bits per heavy atom. The maximum Gasteiger partial charge on any atom is 0.237 e. The second kappa shape index (κ2) is 8.60. The molecule has 1 aliphatic heterocycles. The molecule has 1 fully saturated rings. The lowest BCUT2D eigenvalue weighted by Crippen LogP contribution is -2.51. The number of nitrogens with zero attached hydrogens (tertiary/aromatic N) is 1. The lowest BCUT2D eigenvalue weighted by Gasteiger charge is -2.34. The van der Waals surface area contributed by atoms with Gasteiger partial charge in [0.1, 0.15) is 0 Å². The zero-order chi connectivity index (χ0) is 15.1. The summed E-state index contributed by atoms with van der Waals surface area (Å²) in [7, 11) is 0. The van der Waals surface area contributed by atoms with Crippen molar-refractivity contribution in [2.24, 2.45) is 17.6 Å². The first-order valence-electron chi connectivity index (χ1n) is 7.81. The van der Waals surface area contributed by atoms with Crippen molar-refractivity contribution in [3.8, 4) is 0 Å². The molecule has 0 aliphatic carbocycles. The minimum absolute atomic E-state index is 0.0658. The summed E-state index contributed by atoms with van der Waals surface area (Å²) in [6.07, 6.45) is 0.993. The van der Waals surface area contributed by atoms with Gasteiger partial charge in [-0.3, -0.25) is 9.69 Å². The van der Waals surface area contributed by atoms with E-state index in [0.29, 0.717) is 12.5 Å². The summed E-state index contributed by atoms with van der Waals surface area (Å²) in [5.74, 6) is 0.797. The first-order valence-corrected chi connectivity index (χ1v) is 7.81. The van der Waals surface area contributed by atoms with Crippen molar-refractivity contribution >= 4 is 5.91 Å². The Hall–Kier alpha value is -0.650. The third kappa shape index (κ3) is 5.77. The minimum Gasteiger partial charge on any atom is -0.374 e. The number of morpholine rings is 1. The van der Waals surface area contributed by atoms with Crippen LogP contribution in [-0.2, 0) is 9.53 Å². The highest BCUT2D eigenvalue weighted by Crippen LogP contribution is 2.08. The van der Waals surface area contributed by atoms with Gasteiger partial charge in [0, 0.05) is 26.2 Å². The Bertz CT molecular complexity index is 297. The third-order valence-electron chi connectivity index (χ3n) is 3.91. The van der Waals surface area contributed by atoms with Crippen molar-refractivity contribution in [1.29, 1.82) is 0 Å². The maximum absolute atomic E-state index is 11.9. The summed E-state index contributed by atoms with van der Waals surface area (Å²) in [5, 5.41) is 2.93. The first kappa shape index (κ1) is 17.4. The number of carbonyl (C=O) groups excluding carboxylic acids is 1. The van der Waals surface area contributed by atoms with E-state index < -0.39 is 6.04 Å². The molecule has 20 heavy (non-hydrogen) atoms. The predicted octanol–water partition coefficient (Wildman–Crippen LogP) is 0.833. The van der Waals surface area contributed by atoms with Crippen LogP contribution in [0.4, 0.5) is 0 Å². The summed E-state index contributed by atoms with van der Waals surface area (Å²) in [5.41, 5.74) is 5.92. The Kier molecular flexibility index (Phi) is 7.48. The number of carbonyl (C=O) groups is 1. The summed E-state index contributed by atoms with van der Waals surface area (Å²) >= 11 is 0. The largest absolute Gasteiger partial charge is 0.374 e. The average Bonchev–Trinajstić information content (AvgIpc) is 2.42. The van der Waals surface area contributed by atoms with Crippen LogP contribution in [0.15, 0.2) is 0 Å². The number of nitrogens with one attached hydrogen (secondary N) is 1. The van der Waals surface area contributed by atoms with Gasteiger partial charge in [-0.05, 0) is 11.8 Å². The van der Waals surface area contributed by atoms with Gasteiger partial charge in [-0.15, -0.1) is 0 Å². The van der Waals surface area contributed by atoms with Crippen LogP contribution in [0.3, 0.4) is 0 Å². The molecule has 5 heteroatoms. The van der Waals surface area contributed by atoms with Gasteiger partial charge in [0.05, 0.1) is 18.8 Å². The lowest BCUT2D eigenvalue weighted by atomic mass is 9.99. The molecule has 1 heterocycles. The van der Waals surface area contributed by atoms with Crippen LogP contribution in [0.1, 0.15) is 34.1 Å². The molecule has 0 bridgehead atoms. The highest BCUT2D eigenvalue weighted by molar-refractivity contribution is 5.81. The summed E-state index contributed by atoms with van der Waals surface area (Å²) in [4.78, 5) is 14.3. The molecule has 0 radical (unpaired) electrons. The highest BCUT2D eigenvalue weighted by atomic mass is 16.5. The zero-order valence-corrected chi connectivity index (χ0v) is 13.4. The third-order valence-corrected chi connectivity index (χ3v) is 3.91. The van der Waals surface area contributed by atoms with E-state index in [1.165, 1.54) is 0 Å². The minimum atomic E-state index is -0.421. The SMILES string of the molecule is CCC(C)C(N)C(=O)NCC1CN(CC(C)C)CCO1. The molecule has 1 rings (SSSR count). The van der Waals surface area contributed by atoms with Gasteiger partial charge >= 0.3 is 0 Å². The smallest absolute Gasteiger partial charge is 0.237 e. The molecule has 3 atom stereocenters. The van der Waals surface area contributed by atoms with E-state index in [9.17, 15) is 4.79 Å². The van der Waals surface area contributed by atoms with Crippen LogP contribution in [0.2, 0.25) is 0 Å². The average molecular weight is 285 g/mol. The van der Waals surface area contributed by atoms with Crippen LogP contribution in [0.5, 0.6) is 0 Å². The Morgan fingerprint density at radius 2 is 2.15 bits per heavy atom. The molecule has 0 aromatic rings. The Balaban J connectivity index is 2.32. The molecule has 0 spiro atoms. The fourth-order valence-corrected chi connectivity index (χ4v) is 2.43. The topological polar surface area (TPSA) is 67.6 Å². The molecular weight excluding hydrogens is 254 g/mol. The molecule has 1 amide bonds. The van der Waals surface area contributed by atoms with E-state index in [4.69, 9.17) is 10.5 Å². The van der Waals surface area contributed by atoms with E-state index in [1.807, 2.05) is 13.8 Å². The van der Waals surface area contributed by atoms with E-state index in [0.717, 1.165) is 32.7 Å². The number of hydrogen-bond donors (Lipinski definition) is 2. The monoisotopic (exact) mass is 285 g/mol. The summed E-state index contributed by atoms with van der Waals surface area (Å²) < 4.78 is 5.71. The molecule has 3 N–H and O–H groups in total. The first-order chi connectivity index (χ1) is 9.43. The van der Waals surface area contributed by atoms with Crippen LogP contribution in [-0.4, -0.2) is 55.7 Å². The summed E-state index contributed by atoms with van der Waals surface area (Å²) in [6.45, 7) is 12.7. The molecule has 0 aromatic heterocycles. The molecule has 3 unspecified atom stereocenters. The van der Waals surface area contributed by atoms with E-state index in [1.54, 1.807) is 0 Å². The Labute approximate surface area is 123 Å². The number of hydrogen-bond acceptors (Lipinski definition) is 4. The van der Waals surface area contributed by atoms with Gasteiger partial charge in [0.15, 0.2) is 0 Å². The molecular formula is C15H31N3O2. The second-order valence-electron chi connectivity index (χ2n) is 6.30. The van der Waals surface area contributed by atoms with Crippen molar-refractivity contribution < 1.29 is 9.53 Å². The zero-order valence-electron chi connectivity index (χ0n) is 13.4. The van der Waals surface area contributed by atoms with Crippen LogP contribution in [0, 0.1) is 11.8 Å². The van der Waals surface area contributed by atoms with Crippen LogP contribution in [0.25, 0.3) is 0 Å². The lowest BCUT2D eigenvalue weighted by molar-refractivity contribution is -0.124. The van der Waals surface area contributed by atoms with Crippen molar-refractivity contribution in [2.45, 2.75) is 46.3 Å². The number of nitrogens with two attached hydrogens (primary N) is 1. The van der Waals surface area contributed by atoms with Crippen LogP contribution >= 0.6 is 0 Å². The normalized spacial score (nSPS) is 23.6. The quantitative estimate of drug-likeness (QED) is 0.727. The van der Waals surface area contributed by atoms with Gasteiger partial charge in [-0.25, -0.2) is 0 Å². The van der Waals surface area contributed by atoms with Gasteiger partial charge in [0.25, 0.3) is 0 Å². The van der Waals surface area contributed by atoms with Gasteiger partial charge in [-0.1, -0.05) is 34.1 Å². The van der Waals surface area contributed by atoms with E-state index >= 15 is 0 Å². The number of amides is 1. The van der Waals surface area contributed by atoms with Crippen molar-refractivity contribution in [3.05, 3.63) is 0 Å².